The smallest absolute Gasteiger partial charge is 0.416 e. The molecule has 0 radical (unpaired) electrons. The predicted molar refractivity (Wildman–Crippen MR) is 134 cm³/mol. The molecular formula is C23H20Cl2F3N7O4. The molecule has 3 N–H and O–H groups in total. The molecule has 2 atom stereocenters. The number of aliphatic hydroxyl groups excluding tert-OH is 1. The number of rotatable bonds is 8. The van der Waals surface area contributed by atoms with Gasteiger partial charge in [-0.3, -0.25) is 4.57 Å². The number of halogens is 5. The minimum absolute atomic E-state index is 0.00406. The van der Waals surface area contributed by atoms with Gasteiger partial charge in [0.05, 0.1) is 17.3 Å². The lowest BCUT2D eigenvalue weighted by atomic mass is 10.2. The summed E-state index contributed by atoms with van der Waals surface area (Å²) in [7, 11) is 0. The van der Waals surface area contributed by atoms with Crippen LogP contribution in [0.3, 0.4) is 0 Å². The van der Waals surface area contributed by atoms with Gasteiger partial charge in [0.2, 0.25) is 0 Å². The van der Waals surface area contributed by atoms with Gasteiger partial charge in [0, 0.05) is 10.6 Å². The van der Waals surface area contributed by atoms with Crippen LogP contribution in [0.1, 0.15) is 24.7 Å². The van der Waals surface area contributed by atoms with E-state index in [9.17, 15) is 27.9 Å². The topological polar surface area (TPSA) is 143 Å². The average molecular weight is 586 g/mol. The van der Waals surface area contributed by atoms with Crippen LogP contribution in [0.25, 0.3) is 17.1 Å². The van der Waals surface area contributed by atoms with Gasteiger partial charge in [-0.2, -0.15) is 13.2 Å². The standard InChI is InChI=1S/C23H20Cl2F3N7O4/c1-12(39-21(29)37)19-30-18(31-35(19)16-5-3-2-4-15(16)25)11-34-22(38)33(10-17(36)23(26,27)28)20(32-34)13-6-8-14(24)9-7-13/h2-9,12,17,36H,10-11H2,1H3,(H2,29,37)/t12?,17-/m0/s1. The molecule has 0 saturated carbocycles. The summed E-state index contributed by atoms with van der Waals surface area (Å²) in [5.41, 5.74) is 4.84. The number of amides is 1. The van der Waals surface area contributed by atoms with Crippen LogP contribution >= 0.6 is 23.2 Å². The van der Waals surface area contributed by atoms with Crippen LogP contribution in [0.15, 0.2) is 53.3 Å². The second-order valence-electron chi connectivity index (χ2n) is 8.27. The lowest BCUT2D eigenvalue weighted by Crippen LogP contribution is -2.37. The fourth-order valence-corrected chi connectivity index (χ4v) is 4.00. The van der Waals surface area contributed by atoms with Crippen LogP contribution in [0.4, 0.5) is 18.0 Å². The first-order chi connectivity index (χ1) is 18.3. The van der Waals surface area contributed by atoms with Crippen LogP contribution in [0.5, 0.6) is 0 Å². The molecule has 11 nitrogen and oxygen atoms in total. The van der Waals surface area contributed by atoms with Crippen molar-refractivity contribution in [1.82, 2.24) is 29.1 Å². The normalized spacial score (nSPS) is 13.3. The van der Waals surface area contributed by atoms with Crippen LogP contribution in [0.2, 0.25) is 10.0 Å². The van der Waals surface area contributed by atoms with Gasteiger partial charge in [0.25, 0.3) is 0 Å². The highest BCUT2D eigenvalue weighted by molar-refractivity contribution is 6.32. The molecule has 1 amide bonds. The summed E-state index contributed by atoms with van der Waals surface area (Å²) in [4.78, 5) is 28.9. The zero-order valence-corrected chi connectivity index (χ0v) is 21.5. The van der Waals surface area contributed by atoms with E-state index in [1.807, 2.05) is 0 Å². The minimum atomic E-state index is -4.97. The second kappa shape index (κ2) is 11.1. The number of ether oxygens (including phenoxy) is 1. The number of carbonyl (C=O) groups excluding carboxylic acids is 1. The Morgan fingerprint density at radius 2 is 1.79 bits per heavy atom. The van der Waals surface area contributed by atoms with Crippen molar-refractivity contribution in [3.8, 4) is 17.1 Å². The number of hydrogen-bond donors (Lipinski definition) is 2. The Labute approximate surface area is 228 Å². The van der Waals surface area contributed by atoms with Gasteiger partial charge in [-0.25, -0.2) is 23.9 Å². The highest BCUT2D eigenvalue weighted by Gasteiger charge is 2.39. The van der Waals surface area contributed by atoms with E-state index in [2.05, 4.69) is 15.2 Å². The molecule has 0 aliphatic rings. The highest BCUT2D eigenvalue weighted by atomic mass is 35.5. The van der Waals surface area contributed by atoms with E-state index >= 15 is 0 Å². The number of nitrogens with zero attached hydrogens (tertiary/aromatic N) is 6. The number of nitrogens with two attached hydrogens (primary N) is 1. The third-order valence-electron chi connectivity index (χ3n) is 5.46. The second-order valence-corrected chi connectivity index (χ2v) is 9.11. The van der Waals surface area contributed by atoms with Crippen LogP contribution in [-0.4, -0.2) is 52.6 Å². The number of hydrogen-bond acceptors (Lipinski definition) is 7. The maximum atomic E-state index is 13.2. The van der Waals surface area contributed by atoms with E-state index < -0.39 is 36.7 Å². The van der Waals surface area contributed by atoms with E-state index in [4.69, 9.17) is 33.7 Å². The first-order valence-corrected chi connectivity index (χ1v) is 12.0. The molecule has 2 aromatic heterocycles. The molecule has 0 fully saturated rings. The van der Waals surface area contributed by atoms with Gasteiger partial charge in [-0.1, -0.05) is 35.3 Å². The van der Waals surface area contributed by atoms with Gasteiger partial charge in [0.15, 0.2) is 29.7 Å². The number of primary amides is 1. The number of para-hydroxylation sites is 1. The Morgan fingerprint density at radius 1 is 1.13 bits per heavy atom. The molecule has 4 aromatic rings. The number of alkyl halides is 3. The maximum Gasteiger partial charge on any atom is 0.416 e. The zero-order chi connectivity index (χ0) is 28.5. The molecule has 2 heterocycles. The summed E-state index contributed by atoms with van der Waals surface area (Å²) in [6, 6.07) is 12.5. The van der Waals surface area contributed by atoms with E-state index in [0.717, 1.165) is 4.68 Å². The molecule has 0 bridgehead atoms. The number of carbonyl (C=O) groups is 1. The Morgan fingerprint density at radius 3 is 2.41 bits per heavy atom. The Hall–Kier alpha value is -3.88. The lowest BCUT2D eigenvalue weighted by Gasteiger charge is -2.15. The summed E-state index contributed by atoms with van der Waals surface area (Å²) in [6.07, 6.45) is -9.85. The van der Waals surface area contributed by atoms with Crippen molar-refractivity contribution in [2.45, 2.75) is 38.4 Å². The Kier molecular flexibility index (Phi) is 7.99. The lowest BCUT2D eigenvalue weighted by molar-refractivity contribution is -0.207. The van der Waals surface area contributed by atoms with Crippen molar-refractivity contribution in [2.24, 2.45) is 5.73 Å². The molecule has 0 saturated heterocycles. The monoisotopic (exact) mass is 585 g/mol. The zero-order valence-electron chi connectivity index (χ0n) is 20.0. The van der Waals surface area contributed by atoms with Crippen molar-refractivity contribution < 1.29 is 27.8 Å². The van der Waals surface area contributed by atoms with Crippen LogP contribution in [0, 0.1) is 0 Å². The number of benzene rings is 2. The SMILES string of the molecule is CC(OC(N)=O)c1nc(Cn2nc(-c3ccc(Cl)cc3)n(C[C@H](O)C(F)(F)F)c2=O)nn1-c1ccccc1Cl. The van der Waals surface area contributed by atoms with Crippen molar-refractivity contribution in [3.05, 3.63) is 80.7 Å². The van der Waals surface area contributed by atoms with Gasteiger partial charge < -0.3 is 15.6 Å². The van der Waals surface area contributed by atoms with E-state index in [0.29, 0.717) is 15.3 Å². The average Bonchev–Trinajstić information content (AvgIpc) is 3.41. The van der Waals surface area contributed by atoms with Crippen LogP contribution in [-0.2, 0) is 17.8 Å². The van der Waals surface area contributed by atoms with Crippen molar-refractivity contribution >= 4 is 29.3 Å². The Balaban J connectivity index is 1.79. The molecule has 0 aliphatic heterocycles. The molecular weight excluding hydrogens is 566 g/mol. The molecule has 0 aliphatic carbocycles. The first kappa shape index (κ1) is 28.1. The summed E-state index contributed by atoms with van der Waals surface area (Å²) >= 11 is 12.2. The molecule has 4 rings (SSSR count). The molecule has 2 aromatic carbocycles. The van der Waals surface area contributed by atoms with Gasteiger partial charge in [-0.05, 0) is 43.3 Å². The largest absolute Gasteiger partial charge is 0.438 e. The fourth-order valence-electron chi connectivity index (χ4n) is 3.66. The van der Waals surface area contributed by atoms with Crippen LogP contribution < -0.4 is 11.4 Å². The maximum absolute atomic E-state index is 13.2. The van der Waals surface area contributed by atoms with E-state index in [-0.39, 0.29) is 34.6 Å². The third kappa shape index (κ3) is 6.24. The van der Waals surface area contributed by atoms with Gasteiger partial charge in [-0.15, -0.1) is 10.2 Å². The van der Waals surface area contributed by atoms with Gasteiger partial charge in [0.1, 0.15) is 6.54 Å². The number of aromatic nitrogens is 6. The van der Waals surface area contributed by atoms with Crippen molar-refractivity contribution in [1.29, 1.82) is 0 Å². The number of aliphatic hydroxyl groups is 1. The highest BCUT2D eigenvalue weighted by Crippen LogP contribution is 2.26. The predicted octanol–water partition coefficient (Wildman–Crippen LogP) is 3.73. The summed E-state index contributed by atoms with van der Waals surface area (Å²) in [6.45, 7) is 0.00274. The summed E-state index contributed by atoms with van der Waals surface area (Å²) in [5, 5.41) is 18.9. The fraction of sp³-hybridized carbons (Fsp3) is 0.261. The van der Waals surface area contributed by atoms with Crippen molar-refractivity contribution in [3.63, 3.8) is 0 Å². The minimum Gasteiger partial charge on any atom is -0.438 e. The van der Waals surface area contributed by atoms with Crippen molar-refractivity contribution in [2.75, 3.05) is 0 Å². The molecule has 16 heteroatoms. The summed E-state index contributed by atoms with van der Waals surface area (Å²) < 4.78 is 47.3. The quantitative estimate of drug-likeness (QED) is 0.320. The van der Waals surface area contributed by atoms with E-state index in [1.165, 1.54) is 35.9 Å². The van der Waals surface area contributed by atoms with E-state index in [1.54, 1.807) is 24.3 Å². The molecule has 39 heavy (non-hydrogen) atoms. The Bertz CT molecular complexity index is 1550. The molecule has 206 valence electrons. The molecule has 0 spiro atoms. The first-order valence-electron chi connectivity index (χ1n) is 11.2. The molecule has 1 unspecified atom stereocenters. The third-order valence-corrected chi connectivity index (χ3v) is 6.03. The van der Waals surface area contributed by atoms with Gasteiger partial charge >= 0.3 is 18.0 Å². The summed E-state index contributed by atoms with van der Waals surface area (Å²) in [5.74, 6) is -0.0402.